The second-order valence-electron chi connectivity index (χ2n) is 4.83. The van der Waals surface area contributed by atoms with Gasteiger partial charge in [-0.05, 0) is 26.0 Å². The van der Waals surface area contributed by atoms with E-state index in [2.05, 4.69) is 29.5 Å². The van der Waals surface area contributed by atoms with Crippen molar-refractivity contribution >= 4 is 22.9 Å². The molecule has 0 fully saturated rings. The van der Waals surface area contributed by atoms with E-state index in [4.69, 9.17) is 0 Å². The van der Waals surface area contributed by atoms with Crippen molar-refractivity contribution in [2.75, 3.05) is 11.9 Å². The van der Waals surface area contributed by atoms with Crippen LogP contribution >= 0.6 is 11.3 Å². The lowest BCUT2D eigenvalue weighted by Gasteiger charge is -2.14. The number of benzene rings is 1. The summed E-state index contributed by atoms with van der Waals surface area (Å²) >= 11 is 1.57. The molecule has 1 aromatic carbocycles. The number of para-hydroxylation sites is 1. The highest BCUT2D eigenvalue weighted by Gasteiger charge is 2.10. The molecule has 1 aromatic heterocycles. The molecule has 2 aromatic rings. The zero-order valence-electron chi connectivity index (χ0n) is 11.7. The van der Waals surface area contributed by atoms with Crippen LogP contribution in [0.1, 0.15) is 29.9 Å². The van der Waals surface area contributed by atoms with Gasteiger partial charge in [0.1, 0.15) is 0 Å². The van der Waals surface area contributed by atoms with Crippen LogP contribution in [0.3, 0.4) is 0 Å². The standard InChI is InChI=1S/C15H19N3OS/c1-11(2)18-14-6-4-3-5-13(14)15(19)16-8-7-12-9-20-10-17-12/h3-6,9-11,18H,7-8H2,1-2H3,(H,16,19). The summed E-state index contributed by atoms with van der Waals surface area (Å²) in [6.07, 6.45) is 0.759. The Morgan fingerprint density at radius 2 is 2.15 bits per heavy atom. The lowest BCUT2D eigenvalue weighted by atomic mass is 10.1. The Bertz CT molecular complexity index is 552. The van der Waals surface area contributed by atoms with Crippen molar-refractivity contribution in [2.24, 2.45) is 0 Å². The van der Waals surface area contributed by atoms with E-state index >= 15 is 0 Å². The Morgan fingerprint density at radius 3 is 2.85 bits per heavy atom. The largest absolute Gasteiger partial charge is 0.382 e. The average molecular weight is 289 g/mol. The van der Waals surface area contributed by atoms with Gasteiger partial charge in [-0.3, -0.25) is 4.79 Å². The van der Waals surface area contributed by atoms with Crippen molar-refractivity contribution in [3.8, 4) is 0 Å². The summed E-state index contributed by atoms with van der Waals surface area (Å²) in [5.74, 6) is -0.0519. The van der Waals surface area contributed by atoms with Crippen molar-refractivity contribution in [1.29, 1.82) is 0 Å². The van der Waals surface area contributed by atoms with Gasteiger partial charge < -0.3 is 10.6 Å². The van der Waals surface area contributed by atoms with Crippen LogP contribution in [0.2, 0.25) is 0 Å². The van der Waals surface area contributed by atoms with Crippen LogP contribution in [0.5, 0.6) is 0 Å². The average Bonchev–Trinajstić information content (AvgIpc) is 2.91. The minimum Gasteiger partial charge on any atom is -0.382 e. The van der Waals surface area contributed by atoms with Crippen LogP contribution in [0.15, 0.2) is 35.2 Å². The quantitative estimate of drug-likeness (QED) is 0.859. The molecule has 0 unspecified atom stereocenters. The maximum atomic E-state index is 12.2. The first-order valence-electron chi connectivity index (χ1n) is 6.67. The van der Waals surface area contributed by atoms with Crippen molar-refractivity contribution in [3.63, 3.8) is 0 Å². The van der Waals surface area contributed by atoms with Crippen LogP contribution in [0.4, 0.5) is 5.69 Å². The number of amides is 1. The molecule has 2 N–H and O–H groups in total. The monoisotopic (exact) mass is 289 g/mol. The van der Waals surface area contributed by atoms with E-state index in [1.807, 2.05) is 29.6 Å². The number of nitrogens with zero attached hydrogens (tertiary/aromatic N) is 1. The van der Waals surface area contributed by atoms with E-state index in [0.717, 1.165) is 17.8 Å². The number of anilines is 1. The summed E-state index contributed by atoms with van der Waals surface area (Å²) in [5, 5.41) is 8.22. The van der Waals surface area contributed by atoms with Gasteiger partial charge in [-0.25, -0.2) is 4.98 Å². The van der Waals surface area contributed by atoms with Gasteiger partial charge in [-0.2, -0.15) is 0 Å². The van der Waals surface area contributed by atoms with Crippen LogP contribution in [-0.2, 0) is 6.42 Å². The number of nitrogens with one attached hydrogen (secondary N) is 2. The van der Waals surface area contributed by atoms with E-state index < -0.39 is 0 Å². The van der Waals surface area contributed by atoms with E-state index in [0.29, 0.717) is 18.2 Å². The fourth-order valence-electron chi connectivity index (χ4n) is 1.88. The minimum atomic E-state index is -0.0519. The molecule has 0 aliphatic heterocycles. The molecule has 1 amide bonds. The van der Waals surface area contributed by atoms with Gasteiger partial charge in [0.15, 0.2) is 0 Å². The maximum absolute atomic E-state index is 12.2. The maximum Gasteiger partial charge on any atom is 0.253 e. The van der Waals surface area contributed by atoms with Gasteiger partial charge in [0, 0.05) is 30.1 Å². The summed E-state index contributed by atoms with van der Waals surface area (Å²) in [6.45, 7) is 4.70. The van der Waals surface area contributed by atoms with Gasteiger partial charge in [0.25, 0.3) is 5.91 Å². The normalized spacial score (nSPS) is 10.6. The molecular weight excluding hydrogens is 270 g/mol. The molecule has 0 radical (unpaired) electrons. The highest BCUT2D eigenvalue weighted by molar-refractivity contribution is 7.07. The van der Waals surface area contributed by atoms with Gasteiger partial charge >= 0.3 is 0 Å². The topological polar surface area (TPSA) is 54.0 Å². The van der Waals surface area contributed by atoms with Crippen molar-refractivity contribution < 1.29 is 4.79 Å². The molecule has 106 valence electrons. The summed E-state index contributed by atoms with van der Waals surface area (Å²) in [4.78, 5) is 16.4. The van der Waals surface area contributed by atoms with Gasteiger partial charge in [-0.15, -0.1) is 11.3 Å². The van der Waals surface area contributed by atoms with Crippen molar-refractivity contribution in [1.82, 2.24) is 10.3 Å². The molecule has 0 saturated heterocycles. The number of hydrogen-bond donors (Lipinski definition) is 2. The SMILES string of the molecule is CC(C)Nc1ccccc1C(=O)NCCc1cscn1. The molecular formula is C15H19N3OS. The third-order valence-corrected chi connectivity index (χ3v) is 3.40. The first-order chi connectivity index (χ1) is 9.66. The molecule has 0 aliphatic rings. The summed E-state index contributed by atoms with van der Waals surface area (Å²) in [5.41, 5.74) is 4.37. The van der Waals surface area contributed by atoms with E-state index in [1.54, 1.807) is 16.8 Å². The third-order valence-electron chi connectivity index (χ3n) is 2.77. The summed E-state index contributed by atoms with van der Waals surface area (Å²) < 4.78 is 0. The zero-order valence-corrected chi connectivity index (χ0v) is 12.5. The summed E-state index contributed by atoms with van der Waals surface area (Å²) in [7, 11) is 0. The van der Waals surface area contributed by atoms with Crippen LogP contribution in [-0.4, -0.2) is 23.5 Å². The smallest absolute Gasteiger partial charge is 0.253 e. The second-order valence-corrected chi connectivity index (χ2v) is 5.55. The second kappa shape index (κ2) is 7.05. The van der Waals surface area contributed by atoms with Crippen molar-refractivity contribution in [3.05, 3.63) is 46.4 Å². The third kappa shape index (κ3) is 4.06. The molecule has 4 nitrogen and oxygen atoms in total. The number of aromatic nitrogens is 1. The molecule has 5 heteroatoms. The molecule has 0 spiro atoms. The lowest BCUT2D eigenvalue weighted by molar-refractivity contribution is 0.0955. The first kappa shape index (κ1) is 14.5. The van der Waals surface area contributed by atoms with Gasteiger partial charge in [-0.1, -0.05) is 12.1 Å². The molecule has 2 rings (SSSR count). The van der Waals surface area contributed by atoms with Crippen molar-refractivity contribution in [2.45, 2.75) is 26.3 Å². The predicted octanol–water partition coefficient (Wildman–Crippen LogP) is 2.94. The summed E-state index contributed by atoms with van der Waals surface area (Å²) in [6, 6.07) is 7.86. The molecule has 0 aliphatic carbocycles. The number of carbonyl (C=O) groups excluding carboxylic acids is 1. The Kier molecular flexibility index (Phi) is 5.12. The van der Waals surface area contributed by atoms with Gasteiger partial charge in [0.05, 0.1) is 16.8 Å². The molecule has 0 saturated carbocycles. The molecule has 0 atom stereocenters. The van der Waals surface area contributed by atoms with E-state index in [-0.39, 0.29) is 5.91 Å². The number of thiazole rings is 1. The van der Waals surface area contributed by atoms with E-state index in [9.17, 15) is 4.79 Å². The first-order valence-corrected chi connectivity index (χ1v) is 7.62. The zero-order chi connectivity index (χ0) is 14.4. The Morgan fingerprint density at radius 1 is 1.35 bits per heavy atom. The Labute approximate surface area is 123 Å². The predicted molar refractivity (Wildman–Crippen MR) is 83.4 cm³/mol. The highest BCUT2D eigenvalue weighted by atomic mass is 32.1. The van der Waals surface area contributed by atoms with Gasteiger partial charge in [0.2, 0.25) is 0 Å². The highest BCUT2D eigenvalue weighted by Crippen LogP contribution is 2.15. The van der Waals surface area contributed by atoms with Crippen LogP contribution < -0.4 is 10.6 Å². The molecule has 1 heterocycles. The Hall–Kier alpha value is -1.88. The van der Waals surface area contributed by atoms with Crippen LogP contribution in [0.25, 0.3) is 0 Å². The number of rotatable bonds is 6. The lowest BCUT2D eigenvalue weighted by Crippen LogP contribution is -2.27. The minimum absolute atomic E-state index is 0.0519. The fraction of sp³-hybridized carbons (Fsp3) is 0.333. The Balaban J connectivity index is 1.94. The van der Waals surface area contributed by atoms with Crippen LogP contribution in [0, 0.1) is 0 Å². The molecule has 0 bridgehead atoms. The molecule has 20 heavy (non-hydrogen) atoms. The number of carbonyl (C=O) groups is 1. The fourth-order valence-corrected chi connectivity index (χ4v) is 2.47. The van der Waals surface area contributed by atoms with E-state index in [1.165, 1.54) is 0 Å². The number of hydrogen-bond acceptors (Lipinski definition) is 4.